The molecule has 0 unspecified atom stereocenters. The topological polar surface area (TPSA) is 108 Å². The van der Waals surface area contributed by atoms with Gasteiger partial charge < -0.3 is 15.8 Å². The van der Waals surface area contributed by atoms with Gasteiger partial charge in [-0.3, -0.25) is 9.48 Å². The van der Waals surface area contributed by atoms with E-state index in [1.165, 1.54) is 18.5 Å². The molecule has 24 heavy (non-hydrogen) atoms. The molecule has 0 saturated heterocycles. The number of nitrogens with one attached hydrogen (secondary N) is 1. The van der Waals surface area contributed by atoms with Crippen molar-refractivity contribution in [3.63, 3.8) is 0 Å². The second-order valence-corrected chi connectivity index (χ2v) is 5.32. The van der Waals surface area contributed by atoms with Crippen LogP contribution in [0.25, 0.3) is 0 Å². The summed E-state index contributed by atoms with van der Waals surface area (Å²) >= 11 is 6.06. The number of hydrogen-bond acceptors (Lipinski definition) is 6. The molecule has 2 heterocycles. The minimum atomic E-state index is -0.357. The lowest BCUT2D eigenvalue weighted by Gasteiger charge is -2.08. The second-order valence-electron chi connectivity index (χ2n) is 4.89. The molecule has 9 heteroatoms. The molecule has 1 amide bonds. The molecule has 0 radical (unpaired) electrons. The summed E-state index contributed by atoms with van der Waals surface area (Å²) < 4.78 is 7.13. The maximum Gasteiger partial charge on any atom is 0.257 e. The number of anilines is 2. The van der Waals surface area contributed by atoms with Crippen molar-refractivity contribution in [3.05, 3.63) is 53.4 Å². The summed E-state index contributed by atoms with van der Waals surface area (Å²) in [6.07, 6.45) is 4.47. The van der Waals surface area contributed by atoms with Crippen molar-refractivity contribution in [2.45, 2.75) is 0 Å². The average molecular weight is 345 g/mol. The van der Waals surface area contributed by atoms with Crippen molar-refractivity contribution in [1.29, 1.82) is 0 Å². The van der Waals surface area contributed by atoms with Gasteiger partial charge in [0.25, 0.3) is 5.91 Å². The molecule has 2 aromatic heterocycles. The summed E-state index contributed by atoms with van der Waals surface area (Å²) in [6, 6.07) is 6.32. The fraction of sp³-hybridized carbons (Fsp3) is 0.0667. The number of hydrogen-bond donors (Lipinski definition) is 2. The normalized spacial score (nSPS) is 10.4. The van der Waals surface area contributed by atoms with Crippen LogP contribution < -0.4 is 15.8 Å². The van der Waals surface area contributed by atoms with E-state index in [4.69, 9.17) is 22.1 Å². The number of ether oxygens (including phenoxy) is 1. The molecule has 1 aromatic carbocycles. The van der Waals surface area contributed by atoms with Crippen molar-refractivity contribution in [2.24, 2.45) is 7.05 Å². The van der Waals surface area contributed by atoms with Gasteiger partial charge in [0.2, 0.25) is 5.88 Å². The number of carbonyl (C=O) groups is 1. The number of nitrogen functional groups attached to an aromatic ring is 1. The molecule has 3 N–H and O–H groups in total. The van der Waals surface area contributed by atoms with Crippen molar-refractivity contribution in [3.8, 4) is 11.6 Å². The molecule has 0 bridgehead atoms. The van der Waals surface area contributed by atoms with Crippen molar-refractivity contribution < 1.29 is 9.53 Å². The van der Waals surface area contributed by atoms with E-state index >= 15 is 0 Å². The van der Waals surface area contributed by atoms with E-state index in [1.807, 2.05) is 0 Å². The van der Waals surface area contributed by atoms with Gasteiger partial charge in [0.05, 0.1) is 12.4 Å². The number of rotatable bonds is 4. The van der Waals surface area contributed by atoms with Gasteiger partial charge in [-0.1, -0.05) is 11.6 Å². The molecule has 0 saturated carbocycles. The Hall–Kier alpha value is -3.13. The Morgan fingerprint density at radius 2 is 2.12 bits per heavy atom. The first kappa shape index (κ1) is 15.8. The summed E-state index contributed by atoms with van der Waals surface area (Å²) in [5.41, 5.74) is 5.80. The van der Waals surface area contributed by atoms with Crippen LogP contribution in [0.5, 0.6) is 11.6 Å². The fourth-order valence-corrected chi connectivity index (χ4v) is 2.15. The maximum absolute atomic E-state index is 12.3. The van der Waals surface area contributed by atoms with Gasteiger partial charge in [0, 0.05) is 29.9 Å². The van der Waals surface area contributed by atoms with E-state index in [-0.39, 0.29) is 17.6 Å². The summed E-state index contributed by atoms with van der Waals surface area (Å²) in [4.78, 5) is 20.2. The van der Waals surface area contributed by atoms with Crippen LogP contribution in [0.4, 0.5) is 11.6 Å². The van der Waals surface area contributed by atoms with Gasteiger partial charge in [0.1, 0.15) is 11.6 Å². The van der Waals surface area contributed by atoms with Crippen LogP contribution >= 0.6 is 11.6 Å². The van der Waals surface area contributed by atoms with Gasteiger partial charge in [-0.15, -0.1) is 0 Å². The zero-order valence-corrected chi connectivity index (χ0v) is 13.4. The van der Waals surface area contributed by atoms with Crippen molar-refractivity contribution >= 4 is 29.1 Å². The third-order valence-corrected chi connectivity index (χ3v) is 3.18. The predicted octanol–water partition coefficient (Wildman–Crippen LogP) is 2.49. The number of nitrogens with two attached hydrogens (primary N) is 1. The van der Waals surface area contributed by atoms with E-state index in [9.17, 15) is 4.79 Å². The maximum atomic E-state index is 12.3. The minimum absolute atomic E-state index is 0.238. The molecule has 0 aliphatic heterocycles. The van der Waals surface area contributed by atoms with Crippen LogP contribution in [0.15, 0.2) is 42.9 Å². The van der Waals surface area contributed by atoms with E-state index in [2.05, 4.69) is 20.4 Å². The highest BCUT2D eigenvalue weighted by atomic mass is 35.5. The van der Waals surface area contributed by atoms with Crippen LogP contribution in [0.3, 0.4) is 0 Å². The van der Waals surface area contributed by atoms with Crippen LogP contribution in [0, 0.1) is 0 Å². The van der Waals surface area contributed by atoms with Gasteiger partial charge in [0.15, 0.2) is 5.82 Å². The summed E-state index contributed by atoms with van der Waals surface area (Å²) in [7, 11) is 1.76. The molecule has 122 valence electrons. The summed E-state index contributed by atoms with van der Waals surface area (Å²) in [5, 5.41) is 7.11. The molecule has 0 aliphatic carbocycles. The summed E-state index contributed by atoms with van der Waals surface area (Å²) in [5.74, 6) is 0.956. The number of carbonyl (C=O) groups excluding carboxylic acids is 1. The predicted molar refractivity (Wildman–Crippen MR) is 89.1 cm³/mol. The number of halogens is 1. The highest BCUT2D eigenvalue weighted by Crippen LogP contribution is 2.25. The molecule has 3 rings (SSSR count). The van der Waals surface area contributed by atoms with Gasteiger partial charge in [-0.2, -0.15) is 5.10 Å². The third-order valence-electron chi connectivity index (χ3n) is 2.96. The molecule has 8 nitrogen and oxygen atoms in total. The van der Waals surface area contributed by atoms with E-state index in [1.54, 1.807) is 36.1 Å². The van der Waals surface area contributed by atoms with Crippen molar-refractivity contribution in [2.75, 3.05) is 11.1 Å². The Bertz CT molecular complexity index is 878. The highest BCUT2D eigenvalue weighted by molar-refractivity contribution is 6.31. The van der Waals surface area contributed by atoms with Crippen LogP contribution in [0.2, 0.25) is 5.02 Å². The lowest BCUT2D eigenvalue weighted by atomic mass is 10.2. The Kier molecular flexibility index (Phi) is 4.30. The number of aromatic nitrogens is 4. The molecule has 0 spiro atoms. The van der Waals surface area contributed by atoms with Gasteiger partial charge in [-0.25, -0.2) is 9.97 Å². The minimum Gasteiger partial charge on any atom is -0.437 e. The monoisotopic (exact) mass is 344 g/mol. The Morgan fingerprint density at radius 1 is 1.29 bits per heavy atom. The molecular weight excluding hydrogens is 332 g/mol. The lowest BCUT2D eigenvalue weighted by Crippen LogP contribution is -2.12. The first-order valence-corrected chi connectivity index (χ1v) is 7.24. The first-order chi connectivity index (χ1) is 11.5. The molecule has 0 atom stereocenters. The smallest absolute Gasteiger partial charge is 0.257 e. The fourth-order valence-electron chi connectivity index (χ4n) is 1.92. The Labute approximate surface area is 142 Å². The van der Waals surface area contributed by atoms with Crippen LogP contribution in [-0.4, -0.2) is 25.7 Å². The SMILES string of the molecule is Cn1ccc(NC(=O)c2cc(Cl)cc(Oc3cnc(N)cn3)c2)n1. The quantitative estimate of drug-likeness (QED) is 0.752. The van der Waals surface area contributed by atoms with E-state index < -0.39 is 0 Å². The van der Waals surface area contributed by atoms with Gasteiger partial charge >= 0.3 is 0 Å². The number of benzene rings is 1. The molecule has 0 aliphatic rings. The summed E-state index contributed by atoms with van der Waals surface area (Å²) in [6.45, 7) is 0. The zero-order chi connectivity index (χ0) is 17.1. The zero-order valence-electron chi connectivity index (χ0n) is 12.6. The number of amides is 1. The van der Waals surface area contributed by atoms with E-state index in [0.29, 0.717) is 22.2 Å². The number of aryl methyl sites for hydroxylation is 1. The standard InChI is InChI=1S/C15H13ClN6O2/c1-22-3-2-13(21-22)20-15(23)9-4-10(16)6-11(5-9)24-14-8-18-12(17)7-19-14/h2-8H,1H3,(H2,17,18)(H,20,21,23). The number of nitrogens with zero attached hydrogens (tertiary/aromatic N) is 4. The highest BCUT2D eigenvalue weighted by Gasteiger charge is 2.11. The largest absolute Gasteiger partial charge is 0.437 e. The molecular formula is C15H13ClN6O2. The third kappa shape index (κ3) is 3.79. The van der Waals surface area contributed by atoms with Crippen molar-refractivity contribution in [1.82, 2.24) is 19.7 Å². The first-order valence-electron chi connectivity index (χ1n) is 6.86. The van der Waals surface area contributed by atoms with Crippen LogP contribution in [0.1, 0.15) is 10.4 Å². The Morgan fingerprint density at radius 3 is 2.79 bits per heavy atom. The lowest BCUT2D eigenvalue weighted by molar-refractivity contribution is 0.102. The van der Waals surface area contributed by atoms with Gasteiger partial charge in [-0.05, 0) is 18.2 Å². The van der Waals surface area contributed by atoms with Crippen LogP contribution in [-0.2, 0) is 7.05 Å². The molecule has 0 fully saturated rings. The molecule has 3 aromatic rings. The van der Waals surface area contributed by atoms with E-state index in [0.717, 1.165) is 0 Å². The average Bonchev–Trinajstić information content (AvgIpc) is 2.94. The Balaban J connectivity index is 1.80. The second kappa shape index (κ2) is 6.55.